The van der Waals surface area contributed by atoms with Crippen LogP contribution >= 0.6 is 0 Å². The Morgan fingerprint density at radius 3 is 2.85 bits per heavy atom. The number of benzene rings is 1. The summed E-state index contributed by atoms with van der Waals surface area (Å²) in [6.07, 6.45) is 1.82. The van der Waals surface area contributed by atoms with E-state index in [4.69, 9.17) is 9.84 Å². The predicted octanol–water partition coefficient (Wildman–Crippen LogP) is 2.01. The fourth-order valence-electron chi connectivity index (χ4n) is 1.65. The summed E-state index contributed by atoms with van der Waals surface area (Å²) in [4.78, 5) is 11.6. The first-order chi connectivity index (χ1) is 9.78. The van der Waals surface area contributed by atoms with Crippen LogP contribution in [-0.4, -0.2) is 27.6 Å². The van der Waals surface area contributed by atoms with Gasteiger partial charge in [0, 0.05) is 25.4 Å². The molecular weight excluding hydrogens is 258 g/mol. The second kappa shape index (κ2) is 7.30. The highest BCUT2D eigenvalue weighted by Crippen LogP contribution is 2.05. The van der Waals surface area contributed by atoms with Gasteiger partial charge in [0.15, 0.2) is 5.82 Å². The Morgan fingerprint density at radius 2 is 2.10 bits per heavy atom. The predicted molar refractivity (Wildman–Crippen MR) is 74.2 cm³/mol. The van der Waals surface area contributed by atoms with E-state index < -0.39 is 6.09 Å². The van der Waals surface area contributed by atoms with Crippen LogP contribution in [-0.2, 0) is 17.9 Å². The minimum atomic E-state index is -0.540. The standard InChI is InChI=1S/C14H17N3O3/c18-10-4-8-17-9-7-13(16-17)15-14(19)20-11-12-5-2-1-3-6-12/h1-3,5-7,9,18H,4,8,10-11H2,(H,15,16,19). The number of nitrogens with one attached hydrogen (secondary N) is 1. The zero-order chi connectivity index (χ0) is 14.2. The van der Waals surface area contributed by atoms with Gasteiger partial charge in [-0.2, -0.15) is 5.10 Å². The van der Waals surface area contributed by atoms with E-state index in [1.807, 2.05) is 30.3 Å². The maximum absolute atomic E-state index is 11.6. The molecule has 0 saturated heterocycles. The maximum Gasteiger partial charge on any atom is 0.413 e. The fraction of sp³-hybridized carbons (Fsp3) is 0.286. The highest BCUT2D eigenvalue weighted by atomic mass is 16.5. The summed E-state index contributed by atoms with van der Waals surface area (Å²) in [5.74, 6) is 0.431. The number of hydrogen-bond donors (Lipinski definition) is 2. The van der Waals surface area contributed by atoms with Crippen molar-refractivity contribution in [2.45, 2.75) is 19.6 Å². The van der Waals surface area contributed by atoms with Crippen LogP contribution in [0, 0.1) is 0 Å². The molecule has 1 aromatic carbocycles. The SMILES string of the molecule is O=C(Nc1ccn(CCCO)n1)OCc1ccccc1. The van der Waals surface area contributed by atoms with Crippen LogP contribution in [0.15, 0.2) is 42.6 Å². The molecule has 0 spiro atoms. The lowest BCUT2D eigenvalue weighted by atomic mass is 10.2. The summed E-state index contributed by atoms with van der Waals surface area (Å²) in [5.41, 5.74) is 0.927. The summed E-state index contributed by atoms with van der Waals surface area (Å²) >= 11 is 0. The first-order valence-electron chi connectivity index (χ1n) is 6.40. The number of carbonyl (C=O) groups is 1. The van der Waals surface area contributed by atoms with Gasteiger partial charge >= 0.3 is 6.09 Å². The zero-order valence-electron chi connectivity index (χ0n) is 11.0. The molecule has 20 heavy (non-hydrogen) atoms. The molecule has 1 heterocycles. The largest absolute Gasteiger partial charge is 0.444 e. The van der Waals surface area contributed by atoms with E-state index in [9.17, 15) is 4.79 Å². The van der Waals surface area contributed by atoms with Gasteiger partial charge in [-0.25, -0.2) is 4.79 Å². The smallest absolute Gasteiger partial charge is 0.413 e. The van der Waals surface area contributed by atoms with Crippen LogP contribution in [0.3, 0.4) is 0 Å². The highest BCUT2D eigenvalue weighted by molar-refractivity contribution is 5.83. The average Bonchev–Trinajstić information content (AvgIpc) is 2.91. The first-order valence-corrected chi connectivity index (χ1v) is 6.40. The van der Waals surface area contributed by atoms with E-state index in [1.54, 1.807) is 16.9 Å². The third-order valence-corrected chi connectivity index (χ3v) is 2.63. The Balaban J connectivity index is 1.78. The lowest BCUT2D eigenvalue weighted by Gasteiger charge is -2.05. The quantitative estimate of drug-likeness (QED) is 0.845. The molecule has 106 valence electrons. The minimum absolute atomic E-state index is 0.113. The molecule has 0 unspecified atom stereocenters. The molecule has 0 fully saturated rings. The number of aryl methyl sites for hydroxylation is 1. The molecule has 2 aromatic rings. The van der Waals surface area contributed by atoms with Crippen molar-refractivity contribution in [1.82, 2.24) is 9.78 Å². The average molecular weight is 275 g/mol. The van der Waals surface area contributed by atoms with Crippen molar-refractivity contribution in [1.29, 1.82) is 0 Å². The van der Waals surface area contributed by atoms with Crippen LogP contribution in [0.2, 0.25) is 0 Å². The summed E-state index contributed by atoms with van der Waals surface area (Å²) in [6, 6.07) is 11.1. The van der Waals surface area contributed by atoms with Gasteiger partial charge < -0.3 is 9.84 Å². The molecule has 0 aliphatic rings. The number of nitrogens with zero attached hydrogens (tertiary/aromatic N) is 2. The van der Waals surface area contributed by atoms with Crippen LogP contribution in [0.4, 0.5) is 10.6 Å². The first kappa shape index (κ1) is 14.1. The third-order valence-electron chi connectivity index (χ3n) is 2.63. The normalized spacial score (nSPS) is 10.2. The maximum atomic E-state index is 11.6. The topological polar surface area (TPSA) is 76.4 Å². The number of aliphatic hydroxyl groups excluding tert-OH is 1. The van der Waals surface area contributed by atoms with Crippen molar-refractivity contribution in [3.8, 4) is 0 Å². The molecule has 1 aromatic heterocycles. The number of amides is 1. The minimum Gasteiger partial charge on any atom is -0.444 e. The van der Waals surface area contributed by atoms with E-state index >= 15 is 0 Å². The van der Waals surface area contributed by atoms with Gasteiger partial charge in [0.05, 0.1) is 0 Å². The van der Waals surface area contributed by atoms with E-state index in [0.717, 1.165) is 5.56 Å². The van der Waals surface area contributed by atoms with Crippen molar-refractivity contribution in [3.63, 3.8) is 0 Å². The van der Waals surface area contributed by atoms with Crippen LogP contribution in [0.5, 0.6) is 0 Å². The monoisotopic (exact) mass is 275 g/mol. The van der Waals surface area contributed by atoms with Crippen molar-refractivity contribution in [2.75, 3.05) is 11.9 Å². The molecule has 0 aliphatic carbocycles. The van der Waals surface area contributed by atoms with Crippen molar-refractivity contribution in [2.24, 2.45) is 0 Å². The second-order valence-corrected chi connectivity index (χ2v) is 4.23. The molecule has 6 heteroatoms. The van der Waals surface area contributed by atoms with Crippen LogP contribution < -0.4 is 5.32 Å². The number of rotatable bonds is 6. The third kappa shape index (κ3) is 4.40. The molecule has 0 saturated carbocycles. The van der Waals surface area contributed by atoms with Gasteiger partial charge in [0.25, 0.3) is 0 Å². The zero-order valence-corrected chi connectivity index (χ0v) is 11.0. The van der Waals surface area contributed by atoms with Gasteiger partial charge in [-0.15, -0.1) is 0 Å². The summed E-state index contributed by atoms with van der Waals surface area (Å²) < 4.78 is 6.74. The summed E-state index contributed by atoms with van der Waals surface area (Å²) in [7, 11) is 0. The van der Waals surface area contributed by atoms with Gasteiger partial charge in [0.1, 0.15) is 6.61 Å². The van der Waals surface area contributed by atoms with Gasteiger partial charge in [0.2, 0.25) is 0 Å². The fourth-order valence-corrected chi connectivity index (χ4v) is 1.65. The van der Waals surface area contributed by atoms with Crippen molar-refractivity contribution >= 4 is 11.9 Å². The molecule has 2 N–H and O–H groups in total. The Kier molecular flexibility index (Phi) is 5.14. The van der Waals surface area contributed by atoms with E-state index in [-0.39, 0.29) is 13.2 Å². The molecule has 0 bridgehead atoms. The molecule has 0 atom stereocenters. The van der Waals surface area contributed by atoms with Crippen molar-refractivity contribution in [3.05, 3.63) is 48.2 Å². The second-order valence-electron chi connectivity index (χ2n) is 4.23. The van der Waals surface area contributed by atoms with Gasteiger partial charge in [-0.1, -0.05) is 30.3 Å². The Bertz CT molecular complexity index is 540. The van der Waals surface area contributed by atoms with Gasteiger partial charge in [-0.05, 0) is 12.0 Å². The summed E-state index contributed by atoms with van der Waals surface area (Å²) in [5, 5.41) is 15.4. The highest BCUT2D eigenvalue weighted by Gasteiger charge is 2.06. The van der Waals surface area contributed by atoms with E-state index in [0.29, 0.717) is 18.8 Å². The lowest BCUT2D eigenvalue weighted by Crippen LogP contribution is -2.14. The molecular formula is C14H17N3O3. The van der Waals surface area contributed by atoms with E-state index in [1.165, 1.54) is 0 Å². The molecule has 0 radical (unpaired) electrons. The Morgan fingerprint density at radius 1 is 1.30 bits per heavy atom. The number of anilines is 1. The molecule has 2 rings (SSSR count). The molecule has 6 nitrogen and oxygen atoms in total. The number of aliphatic hydroxyl groups is 1. The van der Waals surface area contributed by atoms with Crippen molar-refractivity contribution < 1.29 is 14.6 Å². The molecule has 1 amide bonds. The van der Waals surface area contributed by atoms with Crippen LogP contribution in [0.1, 0.15) is 12.0 Å². The van der Waals surface area contributed by atoms with E-state index in [2.05, 4.69) is 10.4 Å². The number of carbonyl (C=O) groups excluding carboxylic acids is 1. The number of ether oxygens (including phenoxy) is 1. The lowest BCUT2D eigenvalue weighted by molar-refractivity contribution is 0.155. The summed E-state index contributed by atoms with van der Waals surface area (Å²) in [6.45, 7) is 0.941. The van der Waals surface area contributed by atoms with Gasteiger partial charge in [-0.3, -0.25) is 10.00 Å². The number of aromatic nitrogens is 2. The van der Waals surface area contributed by atoms with Crippen LogP contribution in [0.25, 0.3) is 0 Å². The Hall–Kier alpha value is -2.34. The Labute approximate surface area is 117 Å². The molecule has 0 aliphatic heterocycles. The number of hydrogen-bond acceptors (Lipinski definition) is 4.